The van der Waals surface area contributed by atoms with Gasteiger partial charge in [-0.25, -0.2) is 0 Å². The molecule has 1 aliphatic heterocycles. The minimum absolute atomic E-state index is 0.226. The van der Waals surface area contributed by atoms with Gasteiger partial charge in [0.1, 0.15) is 0 Å². The van der Waals surface area contributed by atoms with Gasteiger partial charge in [-0.15, -0.1) is 0 Å². The molecule has 17 heavy (non-hydrogen) atoms. The summed E-state index contributed by atoms with van der Waals surface area (Å²) in [6.07, 6.45) is 4.31. The average molecular weight is 256 g/mol. The van der Waals surface area contributed by atoms with E-state index in [1.165, 1.54) is 0 Å². The molecule has 2 unspecified atom stereocenters. The summed E-state index contributed by atoms with van der Waals surface area (Å²) in [5, 5.41) is 0.545. The van der Waals surface area contributed by atoms with Crippen LogP contribution in [0.3, 0.4) is 0 Å². The summed E-state index contributed by atoms with van der Waals surface area (Å²) in [6, 6.07) is 0.352. The Morgan fingerprint density at radius 1 is 1.41 bits per heavy atom. The predicted molar refractivity (Wildman–Crippen MR) is 73.1 cm³/mol. The number of nitrogens with zero attached hydrogens (tertiary/aromatic N) is 1. The van der Waals surface area contributed by atoms with Gasteiger partial charge in [0.15, 0.2) is 0 Å². The lowest BCUT2D eigenvalue weighted by Crippen LogP contribution is -2.54. The highest BCUT2D eigenvalue weighted by atomic mass is 32.2. The summed E-state index contributed by atoms with van der Waals surface area (Å²) >= 11 is 1.97. The van der Waals surface area contributed by atoms with Crippen molar-refractivity contribution in [3.8, 4) is 0 Å². The maximum absolute atomic E-state index is 12.7. The van der Waals surface area contributed by atoms with Crippen LogP contribution in [0.2, 0.25) is 0 Å². The lowest BCUT2D eigenvalue weighted by molar-refractivity contribution is -0.143. The van der Waals surface area contributed by atoms with E-state index in [0.717, 1.165) is 38.0 Å². The smallest absolute Gasteiger partial charge is 0.230 e. The number of nitrogens with two attached hydrogens (primary N) is 1. The molecule has 0 spiro atoms. The van der Waals surface area contributed by atoms with Crippen LogP contribution in [0.4, 0.5) is 0 Å². The molecule has 2 rings (SSSR count). The molecule has 0 bridgehead atoms. The van der Waals surface area contributed by atoms with Gasteiger partial charge in [0, 0.05) is 30.1 Å². The van der Waals surface area contributed by atoms with E-state index in [-0.39, 0.29) is 5.41 Å². The number of carbonyl (C=O) groups is 1. The zero-order valence-electron chi connectivity index (χ0n) is 10.9. The molecule has 3 nitrogen and oxygen atoms in total. The molecular formula is C13H24N2OS. The maximum atomic E-state index is 12.7. The molecule has 2 atom stereocenters. The Kier molecular flexibility index (Phi) is 4.03. The van der Waals surface area contributed by atoms with Gasteiger partial charge >= 0.3 is 0 Å². The second-order valence-corrected chi connectivity index (χ2v) is 6.99. The first kappa shape index (κ1) is 13.2. The van der Waals surface area contributed by atoms with Crippen LogP contribution in [-0.4, -0.2) is 40.9 Å². The van der Waals surface area contributed by atoms with Gasteiger partial charge in [-0.2, -0.15) is 11.8 Å². The van der Waals surface area contributed by atoms with Gasteiger partial charge in [-0.3, -0.25) is 4.79 Å². The van der Waals surface area contributed by atoms with Crippen LogP contribution in [-0.2, 0) is 4.79 Å². The van der Waals surface area contributed by atoms with Crippen LogP contribution < -0.4 is 5.73 Å². The van der Waals surface area contributed by atoms with Crippen molar-refractivity contribution < 1.29 is 4.79 Å². The van der Waals surface area contributed by atoms with Gasteiger partial charge in [-0.1, -0.05) is 19.8 Å². The quantitative estimate of drug-likeness (QED) is 0.820. The Labute approximate surface area is 108 Å². The van der Waals surface area contributed by atoms with E-state index in [0.29, 0.717) is 23.7 Å². The summed E-state index contributed by atoms with van der Waals surface area (Å²) in [5.41, 5.74) is 5.68. The Hall–Kier alpha value is -0.220. The summed E-state index contributed by atoms with van der Waals surface area (Å²) in [6.45, 7) is 5.82. The molecule has 2 aliphatic rings. The number of hydrogen-bond donors (Lipinski definition) is 1. The van der Waals surface area contributed by atoms with E-state index in [9.17, 15) is 4.79 Å². The predicted octanol–water partition coefficient (Wildman–Crippen LogP) is 1.86. The Morgan fingerprint density at radius 3 is 2.65 bits per heavy atom. The molecule has 1 saturated heterocycles. The summed E-state index contributed by atoms with van der Waals surface area (Å²) in [4.78, 5) is 14.8. The minimum Gasteiger partial charge on any atom is -0.338 e. The summed E-state index contributed by atoms with van der Waals surface area (Å²) in [7, 11) is 0. The third kappa shape index (κ3) is 2.34. The SMILES string of the molecule is CC1SCCN(C(=O)C2(CN)CCCC2)C1C. The van der Waals surface area contributed by atoms with Gasteiger partial charge < -0.3 is 10.6 Å². The molecule has 1 saturated carbocycles. The fraction of sp³-hybridized carbons (Fsp3) is 0.923. The normalized spacial score (nSPS) is 32.8. The van der Waals surface area contributed by atoms with Crippen molar-refractivity contribution >= 4 is 17.7 Å². The Morgan fingerprint density at radius 2 is 2.06 bits per heavy atom. The summed E-state index contributed by atoms with van der Waals surface area (Å²) in [5.74, 6) is 1.40. The van der Waals surface area contributed by atoms with Crippen LogP contribution in [0, 0.1) is 5.41 Å². The van der Waals surface area contributed by atoms with Crippen LogP contribution in [0.25, 0.3) is 0 Å². The lowest BCUT2D eigenvalue weighted by Gasteiger charge is -2.42. The molecule has 98 valence electrons. The molecule has 1 aliphatic carbocycles. The van der Waals surface area contributed by atoms with Crippen LogP contribution in [0.15, 0.2) is 0 Å². The number of amides is 1. The molecule has 1 amide bonds. The lowest BCUT2D eigenvalue weighted by atomic mass is 9.84. The van der Waals surface area contributed by atoms with Crippen LogP contribution in [0.5, 0.6) is 0 Å². The van der Waals surface area contributed by atoms with E-state index in [4.69, 9.17) is 5.73 Å². The van der Waals surface area contributed by atoms with Gasteiger partial charge in [0.05, 0.1) is 5.41 Å². The third-order valence-corrected chi connectivity index (χ3v) is 5.89. The second kappa shape index (κ2) is 5.19. The fourth-order valence-electron chi connectivity index (χ4n) is 3.08. The van der Waals surface area contributed by atoms with Crippen molar-refractivity contribution in [1.82, 2.24) is 4.90 Å². The van der Waals surface area contributed by atoms with Crippen LogP contribution in [0.1, 0.15) is 39.5 Å². The maximum Gasteiger partial charge on any atom is 0.230 e. The first-order valence-corrected chi connectivity index (χ1v) is 7.78. The third-order valence-electron chi connectivity index (χ3n) is 4.55. The van der Waals surface area contributed by atoms with Gasteiger partial charge in [0.25, 0.3) is 0 Å². The zero-order chi connectivity index (χ0) is 12.5. The molecule has 1 heterocycles. The van der Waals surface area contributed by atoms with Crippen LogP contribution >= 0.6 is 11.8 Å². The topological polar surface area (TPSA) is 46.3 Å². The van der Waals surface area contributed by atoms with Crippen molar-refractivity contribution in [2.24, 2.45) is 11.1 Å². The van der Waals surface area contributed by atoms with Crippen molar-refractivity contribution in [3.05, 3.63) is 0 Å². The van der Waals surface area contributed by atoms with Gasteiger partial charge in [-0.05, 0) is 19.8 Å². The van der Waals surface area contributed by atoms with E-state index in [1.54, 1.807) is 0 Å². The summed E-state index contributed by atoms with van der Waals surface area (Å²) < 4.78 is 0. The molecule has 2 N–H and O–H groups in total. The largest absolute Gasteiger partial charge is 0.338 e. The van der Waals surface area contributed by atoms with E-state index >= 15 is 0 Å². The first-order chi connectivity index (χ1) is 8.10. The van der Waals surface area contributed by atoms with E-state index < -0.39 is 0 Å². The van der Waals surface area contributed by atoms with Crippen molar-refractivity contribution in [2.45, 2.75) is 50.8 Å². The van der Waals surface area contributed by atoms with Crippen molar-refractivity contribution in [3.63, 3.8) is 0 Å². The Balaban J connectivity index is 2.12. The van der Waals surface area contributed by atoms with Gasteiger partial charge in [0.2, 0.25) is 5.91 Å². The second-order valence-electron chi connectivity index (χ2n) is 5.51. The molecular weight excluding hydrogens is 232 g/mol. The first-order valence-electron chi connectivity index (χ1n) is 6.73. The molecule has 0 aromatic heterocycles. The minimum atomic E-state index is -0.226. The average Bonchev–Trinajstić information content (AvgIpc) is 2.82. The van der Waals surface area contributed by atoms with E-state index in [1.807, 2.05) is 11.8 Å². The molecule has 0 aromatic rings. The Bertz CT molecular complexity index is 289. The van der Waals surface area contributed by atoms with Crippen molar-refractivity contribution in [2.75, 3.05) is 18.8 Å². The van der Waals surface area contributed by atoms with Crippen molar-refractivity contribution in [1.29, 1.82) is 0 Å². The zero-order valence-corrected chi connectivity index (χ0v) is 11.8. The fourth-order valence-corrected chi connectivity index (χ4v) is 4.18. The highest BCUT2D eigenvalue weighted by Crippen LogP contribution is 2.40. The molecule has 2 fully saturated rings. The standard InChI is InChI=1S/C13H24N2OS/c1-10-11(2)17-8-7-15(10)12(16)13(9-14)5-3-4-6-13/h10-11H,3-9,14H2,1-2H3. The molecule has 0 radical (unpaired) electrons. The number of hydrogen-bond acceptors (Lipinski definition) is 3. The monoisotopic (exact) mass is 256 g/mol. The molecule has 0 aromatic carbocycles. The highest BCUT2D eigenvalue weighted by Gasteiger charge is 2.44. The van der Waals surface area contributed by atoms with E-state index in [2.05, 4.69) is 18.7 Å². The number of carbonyl (C=O) groups excluding carboxylic acids is 1. The highest BCUT2D eigenvalue weighted by molar-refractivity contribution is 8.00. The molecule has 4 heteroatoms. The number of rotatable bonds is 2. The number of thioether (sulfide) groups is 1.